The van der Waals surface area contributed by atoms with Crippen molar-refractivity contribution in [2.45, 2.75) is 6.92 Å². The van der Waals surface area contributed by atoms with Crippen molar-refractivity contribution in [3.05, 3.63) is 52.0 Å². The number of hydrogen-bond acceptors (Lipinski definition) is 3. The fourth-order valence-electron chi connectivity index (χ4n) is 1.89. The summed E-state index contributed by atoms with van der Waals surface area (Å²) in [7, 11) is 0. The molecule has 0 atom stereocenters. The number of thiophene rings is 1. The van der Waals surface area contributed by atoms with Crippen molar-refractivity contribution in [1.29, 1.82) is 0 Å². The Kier molecular flexibility index (Phi) is 5.09. The highest BCUT2D eigenvalue weighted by Crippen LogP contribution is 2.22. The van der Waals surface area contributed by atoms with Gasteiger partial charge >= 0.3 is 0 Å². The van der Waals surface area contributed by atoms with Crippen molar-refractivity contribution in [3.8, 4) is 11.8 Å². The van der Waals surface area contributed by atoms with Crippen LogP contribution in [0.4, 0.5) is 10.1 Å². The molecule has 1 amide bonds. The lowest BCUT2D eigenvalue weighted by Crippen LogP contribution is -2.31. The molecular formula is C16H14FNO2S. The van der Waals surface area contributed by atoms with E-state index in [9.17, 15) is 9.18 Å². The first kappa shape index (κ1) is 15.2. The molecule has 0 aliphatic heterocycles. The second-order valence-corrected chi connectivity index (χ2v) is 5.07. The van der Waals surface area contributed by atoms with Crippen LogP contribution in [0, 0.1) is 17.7 Å². The lowest BCUT2D eigenvalue weighted by atomic mass is 10.2. The van der Waals surface area contributed by atoms with Gasteiger partial charge in [-0.25, -0.2) is 4.39 Å². The summed E-state index contributed by atoms with van der Waals surface area (Å²) in [4.78, 5) is 14.6. The van der Waals surface area contributed by atoms with Crippen LogP contribution >= 0.6 is 11.3 Å². The minimum absolute atomic E-state index is 0.225. The first-order chi connectivity index (χ1) is 10.2. The third-order valence-electron chi connectivity index (χ3n) is 2.84. The van der Waals surface area contributed by atoms with E-state index in [0.29, 0.717) is 17.0 Å². The Morgan fingerprint density at radius 2 is 2.19 bits per heavy atom. The highest BCUT2D eigenvalue weighted by molar-refractivity contribution is 7.10. The summed E-state index contributed by atoms with van der Waals surface area (Å²) >= 11 is 1.32. The molecule has 0 saturated heterocycles. The zero-order chi connectivity index (χ0) is 15.2. The second kappa shape index (κ2) is 7.02. The van der Waals surface area contributed by atoms with Crippen molar-refractivity contribution < 1.29 is 14.3 Å². The Morgan fingerprint density at radius 1 is 1.43 bits per heavy atom. The Labute approximate surface area is 126 Å². The smallest absolute Gasteiger partial charge is 0.259 e. The molecule has 1 heterocycles. The van der Waals surface area contributed by atoms with E-state index in [2.05, 4.69) is 11.8 Å². The van der Waals surface area contributed by atoms with E-state index in [1.807, 2.05) is 0 Å². The number of carbonyl (C=O) groups is 1. The first-order valence-electron chi connectivity index (χ1n) is 6.42. The summed E-state index contributed by atoms with van der Waals surface area (Å²) in [6.45, 7) is 1.94. The summed E-state index contributed by atoms with van der Waals surface area (Å²) in [5, 5.41) is 10.4. The molecule has 0 saturated carbocycles. The number of para-hydroxylation sites is 1. The minimum atomic E-state index is -0.428. The molecule has 108 valence electrons. The second-order valence-electron chi connectivity index (χ2n) is 4.16. The van der Waals surface area contributed by atoms with E-state index < -0.39 is 5.82 Å². The fourth-order valence-corrected chi connectivity index (χ4v) is 2.64. The predicted molar refractivity (Wildman–Crippen MR) is 82.0 cm³/mol. The zero-order valence-electron chi connectivity index (χ0n) is 11.5. The molecule has 1 aromatic carbocycles. The van der Waals surface area contributed by atoms with Crippen LogP contribution in [0.25, 0.3) is 0 Å². The van der Waals surface area contributed by atoms with E-state index in [1.165, 1.54) is 22.3 Å². The molecule has 3 nitrogen and oxygen atoms in total. The van der Waals surface area contributed by atoms with Crippen molar-refractivity contribution in [2.75, 3.05) is 18.1 Å². The van der Waals surface area contributed by atoms with Crippen LogP contribution in [0.5, 0.6) is 0 Å². The van der Waals surface area contributed by atoms with E-state index in [-0.39, 0.29) is 18.2 Å². The standard InChI is InChI=1S/C16H14FNO2S/c1-2-18(15-8-4-3-7-14(15)17)16(20)12-10-13(21-11-12)6-5-9-19/h3-4,7-8,10-11,19H,2,9H2,1H3. The van der Waals surface area contributed by atoms with Gasteiger partial charge in [-0.1, -0.05) is 24.0 Å². The maximum atomic E-state index is 13.8. The van der Waals surface area contributed by atoms with Gasteiger partial charge in [0.15, 0.2) is 0 Å². The topological polar surface area (TPSA) is 40.5 Å². The lowest BCUT2D eigenvalue weighted by Gasteiger charge is -2.20. The summed E-state index contributed by atoms with van der Waals surface area (Å²) < 4.78 is 13.8. The van der Waals surface area contributed by atoms with Crippen LogP contribution in [0.2, 0.25) is 0 Å². The molecule has 1 aromatic heterocycles. The van der Waals surface area contributed by atoms with Gasteiger partial charge in [0.1, 0.15) is 12.4 Å². The molecule has 0 spiro atoms. The number of aliphatic hydroxyl groups excluding tert-OH is 1. The van der Waals surface area contributed by atoms with Gasteiger partial charge in [0, 0.05) is 11.9 Å². The molecule has 5 heteroatoms. The lowest BCUT2D eigenvalue weighted by molar-refractivity contribution is 0.0988. The molecule has 0 aliphatic carbocycles. The number of benzene rings is 1. The molecule has 21 heavy (non-hydrogen) atoms. The molecule has 0 unspecified atom stereocenters. The molecule has 0 bridgehead atoms. The van der Waals surface area contributed by atoms with Crippen LogP contribution in [-0.4, -0.2) is 24.2 Å². The maximum Gasteiger partial charge on any atom is 0.259 e. The van der Waals surface area contributed by atoms with Gasteiger partial charge in [-0.3, -0.25) is 4.79 Å². The van der Waals surface area contributed by atoms with Gasteiger partial charge in [-0.05, 0) is 25.1 Å². The van der Waals surface area contributed by atoms with Crippen LogP contribution in [-0.2, 0) is 0 Å². The highest BCUT2D eigenvalue weighted by Gasteiger charge is 2.19. The Bertz CT molecular complexity index is 700. The van der Waals surface area contributed by atoms with Gasteiger partial charge in [-0.15, -0.1) is 11.3 Å². The number of halogens is 1. The highest BCUT2D eigenvalue weighted by atomic mass is 32.1. The molecule has 2 aromatic rings. The summed E-state index contributed by atoms with van der Waals surface area (Å²) in [5.74, 6) is 4.59. The first-order valence-corrected chi connectivity index (χ1v) is 7.30. The molecule has 1 N–H and O–H groups in total. The monoisotopic (exact) mass is 303 g/mol. The van der Waals surface area contributed by atoms with Crippen molar-refractivity contribution in [1.82, 2.24) is 0 Å². The van der Waals surface area contributed by atoms with Gasteiger partial charge < -0.3 is 10.0 Å². The van der Waals surface area contributed by atoms with Gasteiger partial charge in [-0.2, -0.15) is 0 Å². The number of amides is 1. The summed E-state index contributed by atoms with van der Waals surface area (Å²) in [5.41, 5.74) is 0.728. The third-order valence-corrected chi connectivity index (χ3v) is 3.69. The largest absolute Gasteiger partial charge is 0.384 e. The van der Waals surface area contributed by atoms with Crippen LogP contribution in [0.3, 0.4) is 0 Å². The fraction of sp³-hybridized carbons (Fsp3) is 0.188. The van der Waals surface area contributed by atoms with Crippen LogP contribution in [0.1, 0.15) is 22.2 Å². The van der Waals surface area contributed by atoms with Crippen LogP contribution in [0.15, 0.2) is 35.7 Å². The molecule has 2 rings (SSSR count). The number of aliphatic hydroxyl groups is 1. The summed E-state index contributed by atoms with van der Waals surface area (Å²) in [6.07, 6.45) is 0. The molecular weight excluding hydrogens is 289 g/mol. The SMILES string of the molecule is CCN(C(=O)c1csc(C#CCO)c1)c1ccccc1F. The molecule has 0 fully saturated rings. The maximum absolute atomic E-state index is 13.8. The molecule has 0 aliphatic rings. The van der Waals surface area contributed by atoms with Gasteiger partial charge in [0.05, 0.1) is 16.1 Å². The zero-order valence-corrected chi connectivity index (χ0v) is 12.3. The van der Waals surface area contributed by atoms with Gasteiger partial charge in [0.25, 0.3) is 5.91 Å². The normalized spacial score (nSPS) is 9.86. The Morgan fingerprint density at radius 3 is 2.86 bits per heavy atom. The van der Waals surface area contributed by atoms with Crippen LogP contribution < -0.4 is 4.90 Å². The summed E-state index contributed by atoms with van der Waals surface area (Å²) in [6, 6.07) is 7.84. The van der Waals surface area contributed by atoms with Crippen molar-refractivity contribution in [2.24, 2.45) is 0 Å². The Hall–Kier alpha value is -2.16. The van der Waals surface area contributed by atoms with E-state index in [1.54, 1.807) is 36.6 Å². The average molecular weight is 303 g/mol. The quantitative estimate of drug-likeness (QED) is 0.886. The number of hydrogen-bond donors (Lipinski definition) is 1. The minimum Gasteiger partial charge on any atom is -0.384 e. The third kappa shape index (κ3) is 3.48. The number of nitrogens with zero attached hydrogens (tertiary/aromatic N) is 1. The van der Waals surface area contributed by atoms with E-state index in [4.69, 9.17) is 5.11 Å². The number of rotatable bonds is 3. The van der Waals surface area contributed by atoms with Crippen molar-refractivity contribution >= 4 is 22.9 Å². The predicted octanol–water partition coefficient (Wildman–Crippen LogP) is 2.90. The van der Waals surface area contributed by atoms with E-state index in [0.717, 1.165) is 0 Å². The number of anilines is 1. The van der Waals surface area contributed by atoms with Crippen molar-refractivity contribution in [3.63, 3.8) is 0 Å². The average Bonchev–Trinajstić information content (AvgIpc) is 2.96. The Balaban J connectivity index is 2.29. The number of carbonyl (C=O) groups excluding carboxylic acids is 1. The molecule has 0 radical (unpaired) electrons. The van der Waals surface area contributed by atoms with E-state index >= 15 is 0 Å². The van der Waals surface area contributed by atoms with Gasteiger partial charge in [0.2, 0.25) is 0 Å².